The molecule has 3 amide bonds. The molecule has 1 unspecified atom stereocenters. The Labute approximate surface area is 191 Å². The van der Waals surface area contributed by atoms with Crippen molar-refractivity contribution in [2.24, 2.45) is 5.92 Å². The molecule has 176 valence electrons. The number of ether oxygens (including phenoxy) is 1. The van der Waals surface area contributed by atoms with Crippen molar-refractivity contribution in [1.29, 1.82) is 5.26 Å². The van der Waals surface area contributed by atoms with E-state index in [0.717, 1.165) is 0 Å². The molecule has 2 aromatic rings. The lowest BCUT2D eigenvalue weighted by Gasteiger charge is -2.25. The molecule has 9 nitrogen and oxygen atoms in total. The van der Waals surface area contributed by atoms with Crippen molar-refractivity contribution in [3.05, 3.63) is 30.0 Å². The van der Waals surface area contributed by atoms with Crippen LogP contribution in [-0.4, -0.2) is 54.1 Å². The van der Waals surface area contributed by atoms with Gasteiger partial charge in [0.05, 0.1) is 13.2 Å². The number of halogens is 1. The van der Waals surface area contributed by atoms with Gasteiger partial charge in [0.1, 0.15) is 29.2 Å². The zero-order valence-corrected chi connectivity index (χ0v) is 18.8. The summed E-state index contributed by atoms with van der Waals surface area (Å²) in [6, 6.07) is 6.71. The number of alkyl halides is 1. The number of benzene rings is 1. The topological polar surface area (TPSA) is 136 Å². The molecule has 10 heteroatoms. The molecule has 1 saturated heterocycles. The number of nitrogens with zero attached hydrogens (tertiary/aromatic N) is 1. The summed E-state index contributed by atoms with van der Waals surface area (Å²) in [6.07, 6.45) is 0.431. The van der Waals surface area contributed by atoms with Crippen molar-refractivity contribution < 1.29 is 23.5 Å². The molecule has 2 heterocycles. The molecule has 4 N–H and O–H groups in total. The molecule has 1 aliphatic rings. The van der Waals surface area contributed by atoms with E-state index in [4.69, 9.17) is 4.74 Å². The number of methoxy groups -OCH3 is 1. The Hall–Kier alpha value is -3.61. The largest absolute Gasteiger partial charge is 0.496 e. The quantitative estimate of drug-likeness (QED) is 0.456. The number of H-pyrrole nitrogens is 1. The summed E-state index contributed by atoms with van der Waals surface area (Å²) in [5.74, 6) is -1.24. The van der Waals surface area contributed by atoms with E-state index < -0.39 is 29.6 Å². The number of fused-ring (bicyclic) bond motifs is 1. The van der Waals surface area contributed by atoms with Crippen LogP contribution < -0.4 is 20.7 Å². The summed E-state index contributed by atoms with van der Waals surface area (Å²) < 4.78 is 19.7. The van der Waals surface area contributed by atoms with Crippen molar-refractivity contribution in [3.63, 3.8) is 0 Å². The fourth-order valence-electron chi connectivity index (χ4n) is 3.93. The molecule has 0 aliphatic carbocycles. The van der Waals surface area contributed by atoms with Gasteiger partial charge in [0.15, 0.2) is 0 Å². The third-order valence-corrected chi connectivity index (χ3v) is 5.56. The van der Waals surface area contributed by atoms with E-state index >= 15 is 0 Å². The molecule has 1 aliphatic heterocycles. The van der Waals surface area contributed by atoms with Gasteiger partial charge in [0.2, 0.25) is 11.8 Å². The summed E-state index contributed by atoms with van der Waals surface area (Å²) in [7, 11) is 1.52. The molecule has 0 bridgehead atoms. The second-order valence-corrected chi connectivity index (χ2v) is 8.76. The Balaban J connectivity index is 1.74. The number of carbonyl (C=O) groups is 3. The van der Waals surface area contributed by atoms with E-state index in [9.17, 15) is 24.0 Å². The predicted octanol–water partition coefficient (Wildman–Crippen LogP) is 1.95. The lowest BCUT2D eigenvalue weighted by atomic mass is 9.97. The molecule has 1 aromatic carbocycles. The molecule has 3 rings (SSSR count). The predicted molar refractivity (Wildman–Crippen MR) is 119 cm³/mol. The molecule has 1 fully saturated rings. The first-order valence-corrected chi connectivity index (χ1v) is 10.7. The average Bonchev–Trinajstić information content (AvgIpc) is 3.37. The van der Waals surface area contributed by atoms with Gasteiger partial charge < -0.3 is 25.7 Å². The normalized spacial score (nSPS) is 17.7. The van der Waals surface area contributed by atoms with E-state index in [0.29, 0.717) is 29.6 Å². The highest BCUT2D eigenvalue weighted by atomic mass is 19.1. The van der Waals surface area contributed by atoms with Gasteiger partial charge in [-0.1, -0.05) is 6.07 Å². The van der Waals surface area contributed by atoms with Gasteiger partial charge in [-0.15, -0.1) is 0 Å². The molecule has 0 radical (unpaired) electrons. The average molecular weight is 458 g/mol. The second kappa shape index (κ2) is 9.90. The van der Waals surface area contributed by atoms with Crippen LogP contribution in [0.2, 0.25) is 0 Å². The van der Waals surface area contributed by atoms with E-state index in [1.165, 1.54) is 21.0 Å². The third kappa shape index (κ3) is 6.00. The third-order valence-electron chi connectivity index (χ3n) is 5.56. The van der Waals surface area contributed by atoms with Crippen LogP contribution in [0.1, 0.15) is 43.6 Å². The highest BCUT2D eigenvalue weighted by molar-refractivity contribution is 6.01. The van der Waals surface area contributed by atoms with E-state index in [-0.39, 0.29) is 30.4 Å². The molecule has 3 atom stereocenters. The summed E-state index contributed by atoms with van der Waals surface area (Å²) in [5, 5.41) is 17.9. The molecule has 0 spiro atoms. The number of carbonyl (C=O) groups excluding carboxylic acids is 3. The number of rotatable bonds is 9. The minimum absolute atomic E-state index is 0.148. The minimum atomic E-state index is -1.76. The van der Waals surface area contributed by atoms with Crippen LogP contribution in [0.4, 0.5) is 4.39 Å². The van der Waals surface area contributed by atoms with Gasteiger partial charge in [-0.25, -0.2) is 4.39 Å². The highest BCUT2D eigenvalue weighted by Crippen LogP contribution is 2.26. The van der Waals surface area contributed by atoms with Crippen molar-refractivity contribution in [2.45, 2.75) is 50.9 Å². The van der Waals surface area contributed by atoms with Crippen LogP contribution in [0.25, 0.3) is 10.9 Å². The standard InChI is InChI=1S/C23H28FN5O4/c1-23(2,24)11-18(22(32)27-14(12-25)9-13-7-8-26-20(13)30)29-21(31)17-10-15-16(28-17)5-4-6-19(15)33-3/h4-6,10,13-14,18,28H,7-9,11H2,1-3H3,(H,26,30)(H,27,32)(H,29,31)/t13-,14-,18?/m0/s1. The van der Waals surface area contributed by atoms with E-state index in [2.05, 4.69) is 20.9 Å². The Morgan fingerprint density at radius 2 is 2.12 bits per heavy atom. The number of hydrogen-bond acceptors (Lipinski definition) is 5. The Morgan fingerprint density at radius 3 is 2.73 bits per heavy atom. The van der Waals surface area contributed by atoms with E-state index in [1.54, 1.807) is 24.3 Å². The van der Waals surface area contributed by atoms with Crippen LogP contribution in [0, 0.1) is 17.2 Å². The van der Waals surface area contributed by atoms with Gasteiger partial charge in [-0.3, -0.25) is 14.4 Å². The summed E-state index contributed by atoms with van der Waals surface area (Å²) in [4.78, 5) is 40.6. The highest BCUT2D eigenvalue weighted by Gasteiger charge is 2.33. The molecule has 33 heavy (non-hydrogen) atoms. The first kappa shape index (κ1) is 24.0. The molecule has 1 aromatic heterocycles. The first-order chi connectivity index (χ1) is 15.6. The number of amides is 3. The van der Waals surface area contributed by atoms with Gasteiger partial charge in [0.25, 0.3) is 5.91 Å². The van der Waals surface area contributed by atoms with E-state index in [1.807, 2.05) is 6.07 Å². The fourth-order valence-corrected chi connectivity index (χ4v) is 3.93. The van der Waals surface area contributed by atoms with Gasteiger partial charge >= 0.3 is 0 Å². The number of nitriles is 1. The van der Waals surface area contributed by atoms with Gasteiger partial charge in [-0.2, -0.15) is 5.26 Å². The zero-order chi connectivity index (χ0) is 24.2. The second-order valence-electron chi connectivity index (χ2n) is 8.76. The fraction of sp³-hybridized carbons (Fsp3) is 0.478. The number of hydrogen-bond donors (Lipinski definition) is 4. The molecular formula is C23H28FN5O4. The monoisotopic (exact) mass is 457 g/mol. The first-order valence-electron chi connectivity index (χ1n) is 10.7. The van der Waals surface area contributed by atoms with Crippen LogP contribution in [0.5, 0.6) is 5.75 Å². The summed E-state index contributed by atoms with van der Waals surface area (Å²) in [6.45, 7) is 3.13. The lowest BCUT2D eigenvalue weighted by Crippen LogP contribution is -2.51. The Morgan fingerprint density at radius 1 is 1.36 bits per heavy atom. The van der Waals surface area contributed by atoms with Gasteiger partial charge in [-0.05, 0) is 44.9 Å². The maximum atomic E-state index is 14.4. The molecule has 0 saturated carbocycles. The van der Waals surface area contributed by atoms with Crippen LogP contribution in [0.15, 0.2) is 24.3 Å². The van der Waals surface area contributed by atoms with Crippen LogP contribution in [0.3, 0.4) is 0 Å². The van der Waals surface area contributed by atoms with Crippen molar-refractivity contribution in [3.8, 4) is 11.8 Å². The summed E-state index contributed by atoms with van der Waals surface area (Å²) >= 11 is 0. The van der Waals surface area contributed by atoms with Crippen LogP contribution in [-0.2, 0) is 9.59 Å². The van der Waals surface area contributed by atoms with Crippen LogP contribution >= 0.6 is 0 Å². The van der Waals surface area contributed by atoms with Crippen molar-refractivity contribution >= 4 is 28.6 Å². The smallest absolute Gasteiger partial charge is 0.268 e. The lowest BCUT2D eigenvalue weighted by molar-refractivity contribution is -0.125. The number of nitrogens with one attached hydrogen (secondary N) is 4. The maximum absolute atomic E-state index is 14.4. The Bertz CT molecular complexity index is 1080. The Kier molecular flexibility index (Phi) is 7.21. The summed E-state index contributed by atoms with van der Waals surface area (Å²) in [5.41, 5.74) is -0.902. The van der Waals surface area contributed by atoms with Crippen molar-refractivity contribution in [2.75, 3.05) is 13.7 Å². The number of aromatic amines is 1. The van der Waals surface area contributed by atoms with Crippen molar-refractivity contribution in [1.82, 2.24) is 20.9 Å². The minimum Gasteiger partial charge on any atom is -0.496 e. The molecular weight excluding hydrogens is 429 g/mol. The zero-order valence-electron chi connectivity index (χ0n) is 18.8. The van der Waals surface area contributed by atoms with Gasteiger partial charge in [0, 0.05) is 29.8 Å². The SMILES string of the molecule is COc1cccc2[nH]c(C(=O)NC(CC(C)(C)F)C(=O)N[C@H](C#N)C[C@@H]3CCNC3=O)cc12. The number of aromatic nitrogens is 1. The maximum Gasteiger partial charge on any atom is 0.268 e.